The van der Waals surface area contributed by atoms with Gasteiger partial charge in [0.25, 0.3) is 0 Å². The summed E-state index contributed by atoms with van der Waals surface area (Å²) in [5.41, 5.74) is 2.14. The van der Waals surface area contributed by atoms with Crippen molar-refractivity contribution in [2.24, 2.45) is 0 Å². The average molecular weight is 308 g/mol. The highest BCUT2D eigenvalue weighted by atomic mass is 16.5. The second-order valence-electron chi connectivity index (χ2n) is 5.43. The molecule has 0 amide bonds. The van der Waals surface area contributed by atoms with Gasteiger partial charge in [-0.3, -0.25) is 0 Å². The third-order valence-corrected chi connectivity index (χ3v) is 3.66. The summed E-state index contributed by atoms with van der Waals surface area (Å²) in [7, 11) is 0. The van der Waals surface area contributed by atoms with Gasteiger partial charge in [0.05, 0.1) is 0 Å². The fourth-order valence-corrected chi connectivity index (χ4v) is 2.43. The summed E-state index contributed by atoms with van der Waals surface area (Å²) in [6, 6.07) is 19.9. The quantitative estimate of drug-likeness (QED) is 0.827. The SMILES string of the molecule is OC1=C(OCc2ccccc2)C(OCc2ccccc2)=CCC1. The third-order valence-electron chi connectivity index (χ3n) is 3.66. The zero-order valence-electron chi connectivity index (χ0n) is 12.9. The molecule has 118 valence electrons. The molecule has 0 radical (unpaired) electrons. The van der Waals surface area contributed by atoms with Gasteiger partial charge in [-0.2, -0.15) is 0 Å². The molecule has 1 aliphatic rings. The van der Waals surface area contributed by atoms with Gasteiger partial charge in [-0.05, 0) is 23.6 Å². The fourth-order valence-electron chi connectivity index (χ4n) is 2.43. The van der Waals surface area contributed by atoms with Crippen LogP contribution in [0.1, 0.15) is 24.0 Å². The van der Waals surface area contributed by atoms with E-state index >= 15 is 0 Å². The minimum Gasteiger partial charge on any atom is -0.508 e. The van der Waals surface area contributed by atoms with E-state index in [1.54, 1.807) is 0 Å². The van der Waals surface area contributed by atoms with E-state index in [1.165, 1.54) is 0 Å². The molecule has 0 saturated carbocycles. The largest absolute Gasteiger partial charge is 0.508 e. The van der Waals surface area contributed by atoms with Gasteiger partial charge in [0.15, 0.2) is 11.5 Å². The summed E-state index contributed by atoms with van der Waals surface area (Å²) in [4.78, 5) is 0. The predicted molar refractivity (Wildman–Crippen MR) is 89.4 cm³/mol. The van der Waals surface area contributed by atoms with Crippen LogP contribution in [0.15, 0.2) is 84.0 Å². The van der Waals surface area contributed by atoms with Gasteiger partial charge < -0.3 is 14.6 Å². The first-order valence-electron chi connectivity index (χ1n) is 7.79. The molecule has 0 bridgehead atoms. The van der Waals surface area contributed by atoms with E-state index in [-0.39, 0.29) is 5.76 Å². The molecule has 3 rings (SSSR count). The van der Waals surface area contributed by atoms with Crippen molar-refractivity contribution in [1.29, 1.82) is 0 Å². The Hall–Kier alpha value is -2.68. The normalized spacial score (nSPS) is 14.3. The average Bonchev–Trinajstić information content (AvgIpc) is 2.61. The molecule has 1 aliphatic carbocycles. The van der Waals surface area contributed by atoms with Gasteiger partial charge in [-0.15, -0.1) is 0 Å². The van der Waals surface area contributed by atoms with Gasteiger partial charge in [0.1, 0.15) is 19.0 Å². The smallest absolute Gasteiger partial charge is 0.198 e. The standard InChI is InChI=1S/C20H20O3/c21-18-12-7-13-19(22-14-16-8-3-1-4-9-16)20(18)23-15-17-10-5-2-6-11-17/h1-6,8-11,13,21H,7,12,14-15H2. The van der Waals surface area contributed by atoms with Crippen LogP contribution in [0.5, 0.6) is 0 Å². The van der Waals surface area contributed by atoms with Crippen molar-refractivity contribution >= 4 is 0 Å². The van der Waals surface area contributed by atoms with E-state index in [0.29, 0.717) is 31.2 Å². The summed E-state index contributed by atoms with van der Waals surface area (Å²) >= 11 is 0. The highest BCUT2D eigenvalue weighted by molar-refractivity contribution is 5.28. The van der Waals surface area contributed by atoms with Crippen LogP contribution in [-0.2, 0) is 22.7 Å². The van der Waals surface area contributed by atoms with Crippen LogP contribution in [-0.4, -0.2) is 5.11 Å². The molecule has 2 aromatic carbocycles. The van der Waals surface area contributed by atoms with Crippen LogP contribution >= 0.6 is 0 Å². The molecule has 0 fully saturated rings. The molecular formula is C20H20O3. The number of rotatable bonds is 6. The Kier molecular flexibility index (Phi) is 4.99. The maximum Gasteiger partial charge on any atom is 0.198 e. The van der Waals surface area contributed by atoms with Gasteiger partial charge in [0.2, 0.25) is 0 Å². The van der Waals surface area contributed by atoms with E-state index in [9.17, 15) is 5.11 Å². The Morgan fingerprint density at radius 1 is 0.783 bits per heavy atom. The first-order valence-corrected chi connectivity index (χ1v) is 7.79. The van der Waals surface area contributed by atoms with E-state index < -0.39 is 0 Å². The lowest BCUT2D eigenvalue weighted by Crippen LogP contribution is -2.08. The van der Waals surface area contributed by atoms with Gasteiger partial charge >= 0.3 is 0 Å². The Bertz CT molecular complexity index is 687. The Morgan fingerprint density at radius 3 is 1.96 bits per heavy atom. The van der Waals surface area contributed by atoms with Crippen LogP contribution in [0.25, 0.3) is 0 Å². The van der Waals surface area contributed by atoms with Crippen molar-refractivity contribution in [3.05, 3.63) is 95.1 Å². The number of aliphatic hydroxyl groups excluding tert-OH is 1. The minimum absolute atomic E-state index is 0.256. The zero-order chi connectivity index (χ0) is 15.9. The monoisotopic (exact) mass is 308 g/mol. The lowest BCUT2D eigenvalue weighted by Gasteiger charge is -2.20. The molecular weight excluding hydrogens is 288 g/mol. The highest BCUT2D eigenvalue weighted by Crippen LogP contribution is 2.27. The lowest BCUT2D eigenvalue weighted by atomic mass is 10.1. The number of benzene rings is 2. The molecule has 0 saturated heterocycles. The van der Waals surface area contributed by atoms with Crippen LogP contribution in [0.4, 0.5) is 0 Å². The van der Waals surface area contributed by atoms with Crippen LogP contribution in [0, 0.1) is 0 Å². The minimum atomic E-state index is 0.256. The predicted octanol–water partition coefficient (Wildman–Crippen LogP) is 4.87. The van der Waals surface area contributed by atoms with Crippen molar-refractivity contribution in [3.8, 4) is 0 Å². The number of allylic oxidation sites excluding steroid dienone is 2. The molecule has 3 heteroatoms. The number of hydrogen-bond acceptors (Lipinski definition) is 3. The van der Waals surface area contributed by atoms with Gasteiger partial charge in [-0.25, -0.2) is 0 Å². The summed E-state index contributed by atoms with van der Waals surface area (Å²) in [6.45, 7) is 0.865. The first kappa shape index (κ1) is 15.2. The number of aliphatic hydroxyl groups is 1. The van der Waals surface area contributed by atoms with E-state index in [0.717, 1.165) is 17.5 Å². The second kappa shape index (κ2) is 7.54. The van der Waals surface area contributed by atoms with Gasteiger partial charge in [-0.1, -0.05) is 60.7 Å². The summed E-state index contributed by atoms with van der Waals surface area (Å²) in [6.07, 6.45) is 3.32. The third kappa shape index (κ3) is 4.16. The van der Waals surface area contributed by atoms with Crippen molar-refractivity contribution < 1.29 is 14.6 Å². The Morgan fingerprint density at radius 2 is 1.35 bits per heavy atom. The van der Waals surface area contributed by atoms with Crippen LogP contribution in [0.2, 0.25) is 0 Å². The topological polar surface area (TPSA) is 38.7 Å². The molecule has 0 aromatic heterocycles. The highest BCUT2D eigenvalue weighted by Gasteiger charge is 2.19. The lowest BCUT2D eigenvalue weighted by molar-refractivity contribution is 0.119. The number of hydrogen-bond donors (Lipinski definition) is 1. The molecule has 0 atom stereocenters. The molecule has 3 nitrogen and oxygen atoms in total. The Labute approximate surface area is 136 Å². The molecule has 0 heterocycles. The van der Waals surface area contributed by atoms with Crippen molar-refractivity contribution in [1.82, 2.24) is 0 Å². The van der Waals surface area contributed by atoms with Crippen LogP contribution in [0.3, 0.4) is 0 Å². The van der Waals surface area contributed by atoms with E-state index in [2.05, 4.69) is 0 Å². The van der Waals surface area contributed by atoms with E-state index in [4.69, 9.17) is 9.47 Å². The second-order valence-corrected chi connectivity index (χ2v) is 5.43. The van der Waals surface area contributed by atoms with Gasteiger partial charge in [0, 0.05) is 6.42 Å². The molecule has 2 aromatic rings. The van der Waals surface area contributed by atoms with Crippen LogP contribution < -0.4 is 0 Å². The summed E-state index contributed by atoms with van der Waals surface area (Å²) < 4.78 is 11.7. The fraction of sp³-hybridized carbons (Fsp3) is 0.200. The Balaban J connectivity index is 1.65. The molecule has 1 N–H and O–H groups in total. The van der Waals surface area contributed by atoms with E-state index in [1.807, 2.05) is 66.7 Å². The van der Waals surface area contributed by atoms with Crippen molar-refractivity contribution in [2.45, 2.75) is 26.1 Å². The zero-order valence-corrected chi connectivity index (χ0v) is 12.9. The first-order chi connectivity index (χ1) is 11.3. The molecule has 0 aliphatic heterocycles. The number of ether oxygens (including phenoxy) is 2. The molecule has 0 spiro atoms. The van der Waals surface area contributed by atoms with Crippen molar-refractivity contribution in [3.63, 3.8) is 0 Å². The molecule has 23 heavy (non-hydrogen) atoms. The molecule has 0 unspecified atom stereocenters. The maximum absolute atomic E-state index is 10.1. The van der Waals surface area contributed by atoms with Crippen molar-refractivity contribution in [2.75, 3.05) is 0 Å². The summed E-state index contributed by atoms with van der Waals surface area (Å²) in [5, 5.41) is 10.1. The summed E-state index contributed by atoms with van der Waals surface area (Å²) in [5.74, 6) is 1.33. The maximum atomic E-state index is 10.1.